The Morgan fingerprint density at radius 2 is 1.74 bits per heavy atom. The number of piperazine rings is 1. The molecule has 42 heavy (non-hydrogen) atoms. The molecule has 0 unspecified atom stereocenters. The number of ether oxygens (including phenoxy) is 1. The summed E-state index contributed by atoms with van der Waals surface area (Å²) in [6.07, 6.45) is 5.73. The quantitative estimate of drug-likeness (QED) is 0.312. The third-order valence-corrected chi connectivity index (χ3v) is 8.69. The predicted octanol–water partition coefficient (Wildman–Crippen LogP) is 4.34. The molecule has 6 rings (SSSR count). The van der Waals surface area contributed by atoms with Gasteiger partial charge in [0.05, 0.1) is 29.8 Å². The van der Waals surface area contributed by atoms with E-state index >= 15 is 4.39 Å². The molecule has 2 aromatic carbocycles. The van der Waals surface area contributed by atoms with Gasteiger partial charge >= 0.3 is 5.97 Å². The minimum absolute atomic E-state index is 0.204. The number of anilines is 2. The van der Waals surface area contributed by atoms with Crippen molar-refractivity contribution in [1.29, 1.82) is 0 Å². The molecule has 0 amide bonds. The lowest BCUT2D eigenvalue weighted by atomic mass is 9.90. The van der Waals surface area contributed by atoms with E-state index in [4.69, 9.17) is 15.6 Å². The third-order valence-electron chi connectivity index (χ3n) is 8.69. The number of likely N-dealkylation sites (N-methyl/N-ethyl adjacent to an activating group) is 1. The highest BCUT2D eigenvalue weighted by atomic mass is 19.1. The number of hydrogen-bond donors (Lipinski definition) is 2. The molecule has 0 spiro atoms. The summed E-state index contributed by atoms with van der Waals surface area (Å²) in [4.78, 5) is 25.5. The van der Waals surface area contributed by atoms with Crippen molar-refractivity contribution in [2.24, 2.45) is 0 Å². The van der Waals surface area contributed by atoms with Gasteiger partial charge in [-0.15, -0.1) is 0 Å². The summed E-state index contributed by atoms with van der Waals surface area (Å²) in [5, 5.41) is 8.77. The number of nitrogens with one attached hydrogen (secondary N) is 1. The molecule has 1 aliphatic carbocycles. The molecule has 3 N–H and O–H groups in total. The number of fused-ring (bicyclic) bond motifs is 1. The van der Waals surface area contributed by atoms with Crippen molar-refractivity contribution in [2.45, 2.75) is 44.3 Å². The second-order valence-electron chi connectivity index (χ2n) is 11.3. The van der Waals surface area contributed by atoms with E-state index in [-0.39, 0.29) is 6.04 Å². The smallest absolute Gasteiger partial charge is 0.337 e. The number of hydrogen-bond acceptors (Lipinski definition) is 9. The average Bonchev–Trinajstić information content (AvgIpc) is 3.42. The number of benzene rings is 2. The maximum atomic E-state index is 15.3. The Morgan fingerprint density at radius 1 is 1.02 bits per heavy atom. The predicted molar refractivity (Wildman–Crippen MR) is 161 cm³/mol. The Bertz CT molecular complexity index is 1560. The van der Waals surface area contributed by atoms with E-state index in [1.807, 2.05) is 22.9 Å². The molecule has 10 nitrogen and oxygen atoms in total. The summed E-state index contributed by atoms with van der Waals surface area (Å²) in [6.45, 7) is 4.90. The molecule has 11 heteroatoms. The van der Waals surface area contributed by atoms with Crippen LogP contribution >= 0.6 is 0 Å². The number of nitrogens with two attached hydrogens (primary N) is 1. The van der Waals surface area contributed by atoms with Crippen molar-refractivity contribution in [3.63, 3.8) is 0 Å². The SMILES string of the molecule is COC(=O)c1ccc(CNc2ccc(-c3nn(C4CCC(N5CCN(C)CC5)CC4)c4ncnc(N)c34)cc2F)cc1. The number of rotatable bonds is 7. The van der Waals surface area contributed by atoms with Crippen molar-refractivity contribution >= 4 is 28.5 Å². The van der Waals surface area contributed by atoms with E-state index < -0.39 is 11.8 Å². The van der Waals surface area contributed by atoms with Gasteiger partial charge < -0.3 is 20.7 Å². The molecule has 2 fully saturated rings. The molecule has 220 valence electrons. The van der Waals surface area contributed by atoms with E-state index in [1.54, 1.807) is 18.2 Å². The van der Waals surface area contributed by atoms with Gasteiger partial charge in [-0.05, 0) is 62.6 Å². The van der Waals surface area contributed by atoms with Crippen molar-refractivity contribution in [1.82, 2.24) is 29.5 Å². The third kappa shape index (κ3) is 5.66. The molecule has 0 bridgehead atoms. The van der Waals surface area contributed by atoms with Gasteiger partial charge in [0.1, 0.15) is 23.7 Å². The molecule has 0 atom stereocenters. The Hall–Kier alpha value is -4.09. The van der Waals surface area contributed by atoms with Crippen LogP contribution in [-0.4, -0.2) is 81.9 Å². The Morgan fingerprint density at radius 3 is 2.43 bits per heavy atom. The van der Waals surface area contributed by atoms with Crippen molar-refractivity contribution in [3.8, 4) is 11.3 Å². The molecule has 4 aromatic rings. The van der Waals surface area contributed by atoms with Crippen LogP contribution in [0.15, 0.2) is 48.8 Å². The molecule has 3 heterocycles. The van der Waals surface area contributed by atoms with Crippen LogP contribution in [0.5, 0.6) is 0 Å². The van der Waals surface area contributed by atoms with E-state index in [0.29, 0.717) is 51.9 Å². The first kappa shape index (κ1) is 28.0. The highest BCUT2D eigenvalue weighted by molar-refractivity contribution is 5.98. The molecule has 1 aliphatic heterocycles. The van der Waals surface area contributed by atoms with Gasteiger partial charge in [0.15, 0.2) is 5.65 Å². The molecule has 1 saturated carbocycles. The fourth-order valence-electron chi connectivity index (χ4n) is 6.19. The number of nitrogens with zero attached hydrogens (tertiary/aromatic N) is 6. The molecular formula is C31H37FN8O2. The Balaban J connectivity index is 1.19. The number of esters is 1. The van der Waals surface area contributed by atoms with E-state index in [1.165, 1.54) is 19.5 Å². The van der Waals surface area contributed by atoms with Gasteiger partial charge in [0, 0.05) is 44.3 Å². The monoisotopic (exact) mass is 572 g/mol. The van der Waals surface area contributed by atoms with Crippen LogP contribution in [0, 0.1) is 5.82 Å². The molecule has 1 saturated heterocycles. The number of methoxy groups -OCH3 is 1. The lowest BCUT2D eigenvalue weighted by Crippen LogP contribution is -2.49. The number of halogens is 1. The first-order valence-corrected chi connectivity index (χ1v) is 14.5. The highest BCUT2D eigenvalue weighted by Gasteiger charge is 2.30. The van der Waals surface area contributed by atoms with Crippen molar-refractivity contribution in [2.75, 3.05) is 51.4 Å². The van der Waals surface area contributed by atoms with Crippen LogP contribution < -0.4 is 11.1 Å². The van der Waals surface area contributed by atoms with E-state index in [0.717, 1.165) is 57.4 Å². The second kappa shape index (κ2) is 12.0. The molecule has 2 aliphatic rings. The summed E-state index contributed by atoms with van der Waals surface area (Å²) in [5.41, 5.74) is 9.98. The zero-order chi connectivity index (χ0) is 29.2. The summed E-state index contributed by atoms with van der Waals surface area (Å²) in [5.74, 6) is -0.453. The fourth-order valence-corrected chi connectivity index (χ4v) is 6.19. The number of nitrogen functional groups attached to an aromatic ring is 1. The minimum Gasteiger partial charge on any atom is -0.465 e. The topological polar surface area (TPSA) is 114 Å². The van der Waals surface area contributed by atoms with Gasteiger partial charge in [0.25, 0.3) is 0 Å². The summed E-state index contributed by atoms with van der Waals surface area (Å²) < 4.78 is 22.1. The van der Waals surface area contributed by atoms with E-state index in [2.05, 4.69) is 32.1 Å². The van der Waals surface area contributed by atoms with Gasteiger partial charge in [-0.1, -0.05) is 18.2 Å². The maximum Gasteiger partial charge on any atom is 0.337 e. The first-order valence-electron chi connectivity index (χ1n) is 14.5. The van der Waals surface area contributed by atoms with Crippen LogP contribution in [0.1, 0.15) is 47.6 Å². The molecule has 0 radical (unpaired) electrons. The average molecular weight is 573 g/mol. The molecule has 2 aromatic heterocycles. The zero-order valence-corrected chi connectivity index (χ0v) is 24.1. The standard InChI is InChI=1S/C31H37FN8O2/c1-38-13-15-39(16-14-38)23-8-10-24(11-9-23)40-30-27(29(33)35-19-36-30)28(37-40)22-7-12-26(25(32)17-22)34-18-20-3-5-21(6-4-20)31(41)42-2/h3-7,12,17,19,23-24,34H,8-11,13-16,18H2,1-2H3,(H2,33,35,36). The van der Waals surface area contributed by atoms with Gasteiger partial charge in [-0.25, -0.2) is 23.8 Å². The molecular weight excluding hydrogens is 535 g/mol. The van der Waals surface area contributed by atoms with Crippen LogP contribution in [0.3, 0.4) is 0 Å². The lowest BCUT2D eigenvalue weighted by Gasteiger charge is -2.41. The number of carbonyl (C=O) groups excluding carboxylic acids is 1. The Kier molecular flexibility index (Phi) is 8.03. The van der Waals surface area contributed by atoms with E-state index in [9.17, 15) is 4.79 Å². The normalized spacial score (nSPS) is 20.1. The fraction of sp³-hybridized carbons (Fsp3) is 0.419. The van der Waals surface area contributed by atoms with Crippen LogP contribution in [0.25, 0.3) is 22.3 Å². The van der Waals surface area contributed by atoms with Crippen molar-refractivity contribution < 1.29 is 13.9 Å². The lowest BCUT2D eigenvalue weighted by molar-refractivity contribution is 0.0600. The first-order chi connectivity index (χ1) is 20.4. The van der Waals surface area contributed by atoms with Crippen LogP contribution in [-0.2, 0) is 11.3 Å². The largest absolute Gasteiger partial charge is 0.465 e. The number of carbonyl (C=O) groups is 1. The number of aromatic nitrogens is 4. The minimum atomic E-state index is -0.399. The van der Waals surface area contributed by atoms with Crippen LogP contribution in [0.2, 0.25) is 0 Å². The highest BCUT2D eigenvalue weighted by Crippen LogP contribution is 2.37. The van der Waals surface area contributed by atoms with Gasteiger partial charge in [0.2, 0.25) is 0 Å². The summed E-state index contributed by atoms with van der Waals surface area (Å²) in [7, 11) is 3.53. The zero-order valence-electron chi connectivity index (χ0n) is 24.1. The van der Waals surface area contributed by atoms with Gasteiger partial charge in [-0.3, -0.25) is 4.90 Å². The maximum absolute atomic E-state index is 15.3. The van der Waals surface area contributed by atoms with Gasteiger partial charge in [-0.2, -0.15) is 5.10 Å². The van der Waals surface area contributed by atoms with Crippen molar-refractivity contribution in [3.05, 3.63) is 65.7 Å². The second-order valence-corrected chi connectivity index (χ2v) is 11.3. The summed E-state index contributed by atoms with van der Waals surface area (Å²) >= 11 is 0. The Labute approximate surface area is 244 Å². The van der Waals surface area contributed by atoms with Crippen LogP contribution in [0.4, 0.5) is 15.9 Å². The summed E-state index contributed by atoms with van der Waals surface area (Å²) in [6, 6.07) is 12.8.